The van der Waals surface area contributed by atoms with Crippen molar-refractivity contribution in [2.75, 3.05) is 0 Å². The molecule has 0 radical (unpaired) electrons. The monoisotopic (exact) mass is 394 g/mol. The Hall–Kier alpha value is -1.09. The van der Waals surface area contributed by atoms with Crippen molar-refractivity contribution in [2.45, 2.75) is 104 Å². The molecule has 3 nitrogen and oxygen atoms in total. The van der Waals surface area contributed by atoms with Gasteiger partial charge in [0.1, 0.15) is 0 Å². The first-order valence-electron chi connectivity index (χ1n) is 12.1. The summed E-state index contributed by atoms with van der Waals surface area (Å²) in [4.78, 5) is 10.5. The quantitative estimate of drug-likeness (QED) is 0.284. The van der Waals surface area contributed by atoms with Gasteiger partial charge in [0.05, 0.1) is 6.10 Å². The Morgan fingerprint density at radius 1 is 1.14 bits per heavy atom. The number of aliphatic hydroxyl groups is 1. The zero-order valence-corrected chi connectivity index (χ0v) is 18.4. The fourth-order valence-corrected chi connectivity index (χ4v) is 4.54. The van der Waals surface area contributed by atoms with Gasteiger partial charge < -0.3 is 10.2 Å². The molecule has 2 N–H and O–H groups in total. The molecule has 2 bridgehead atoms. The van der Waals surface area contributed by atoms with Gasteiger partial charge >= 0.3 is 5.97 Å². The molecule has 162 valence electrons. The second kappa shape index (κ2) is 14.8. The van der Waals surface area contributed by atoms with Crippen LogP contribution in [0.2, 0.25) is 0 Å². The molecule has 0 aromatic rings. The number of carboxylic acids is 1. The zero-order valence-electron chi connectivity index (χ0n) is 19.4. The molecule has 3 fully saturated rings. The number of carbonyl (C=O) groups is 1. The maximum absolute atomic E-state index is 10.5. The molecule has 0 saturated heterocycles. The molecule has 3 aliphatic carbocycles. The van der Waals surface area contributed by atoms with Gasteiger partial charge in [0.2, 0.25) is 0 Å². The van der Waals surface area contributed by atoms with Gasteiger partial charge in [-0.25, -0.2) is 0 Å². The highest BCUT2D eigenvalue weighted by Crippen LogP contribution is 2.53. The Kier molecular flexibility index (Phi) is 12.3. The van der Waals surface area contributed by atoms with Crippen LogP contribution in [0.4, 0.5) is 0 Å². The molecular formula is C25H44O3. The third-order valence-corrected chi connectivity index (χ3v) is 6.05. The molecule has 3 aliphatic rings. The van der Waals surface area contributed by atoms with Crippen LogP contribution in [0.5, 0.6) is 0 Å². The largest absolute Gasteiger partial charge is 0.481 e. The standard InChI is InChI=1S/C22H36O3.C3H8/c1-2-3-6-9-20(23)13-12-18-14-17-15-19(16-17)21(18)10-7-4-5-8-11-22(24)25;1-3-2/h4,7,12-13,17-21,23H,2-3,5-6,8-11,14-16H2,1H3,(H,24,25);3H2,1-2H3/b7-4-,13-12+;/t17?,18?,19?,20-,21+;/m0./s1/i;3T. The molecule has 0 aliphatic heterocycles. The summed E-state index contributed by atoms with van der Waals surface area (Å²) in [5.74, 6) is 2.38. The van der Waals surface area contributed by atoms with Gasteiger partial charge in [0.15, 0.2) is 0 Å². The van der Waals surface area contributed by atoms with Crippen molar-refractivity contribution in [3.63, 3.8) is 0 Å². The Balaban J connectivity index is 0.000000960. The lowest BCUT2D eigenvalue weighted by molar-refractivity contribution is -0.137. The van der Waals surface area contributed by atoms with E-state index >= 15 is 0 Å². The second-order valence-electron chi connectivity index (χ2n) is 8.68. The summed E-state index contributed by atoms with van der Waals surface area (Å²) in [7, 11) is 0. The lowest BCUT2D eigenvalue weighted by Gasteiger charge is -2.50. The van der Waals surface area contributed by atoms with Gasteiger partial charge in [-0.05, 0) is 68.6 Å². The van der Waals surface area contributed by atoms with E-state index in [1.807, 2.05) is 13.8 Å². The van der Waals surface area contributed by atoms with Crippen LogP contribution in [0, 0.1) is 23.7 Å². The molecule has 1 unspecified atom stereocenters. The number of aliphatic carboxylic acids is 1. The average Bonchev–Trinajstić information content (AvgIpc) is 2.62. The van der Waals surface area contributed by atoms with E-state index in [2.05, 4.69) is 31.2 Å². The van der Waals surface area contributed by atoms with E-state index in [4.69, 9.17) is 6.48 Å². The summed E-state index contributed by atoms with van der Waals surface area (Å²) < 4.78 is 6.58. The summed E-state index contributed by atoms with van der Waals surface area (Å²) in [6.45, 7) is 5.86. The number of hydrogen-bond acceptors (Lipinski definition) is 2. The Bertz CT molecular complexity index is 492. The first-order chi connectivity index (χ1) is 13.8. The van der Waals surface area contributed by atoms with Crippen LogP contribution < -0.4 is 0 Å². The minimum absolute atomic E-state index is 0.0833. The Morgan fingerprint density at radius 2 is 1.86 bits per heavy atom. The highest BCUT2D eigenvalue weighted by atomic mass is 16.4. The molecular weight excluding hydrogens is 348 g/mol. The fourth-order valence-electron chi connectivity index (χ4n) is 4.54. The SMILES string of the molecule is CCCCC[C@H](O)/C=C/C1CC2CC(C2)[C@@H]1C/C=C\CCCC(=O)O.[3H]C(C)C. The predicted octanol–water partition coefficient (Wildman–Crippen LogP) is 6.76. The molecule has 3 saturated carbocycles. The number of carboxylic acid groups (broad SMARTS) is 1. The van der Waals surface area contributed by atoms with E-state index < -0.39 is 5.97 Å². The van der Waals surface area contributed by atoms with Crippen molar-refractivity contribution in [2.24, 2.45) is 23.7 Å². The van der Waals surface area contributed by atoms with Crippen LogP contribution in [-0.2, 0) is 4.79 Å². The summed E-state index contributed by atoms with van der Waals surface area (Å²) in [5.41, 5.74) is 0. The maximum atomic E-state index is 10.5. The average molecular weight is 395 g/mol. The summed E-state index contributed by atoms with van der Waals surface area (Å²) in [6, 6.07) is 0. The van der Waals surface area contributed by atoms with Crippen LogP contribution in [0.3, 0.4) is 0 Å². The minimum Gasteiger partial charge on any atom is -0.481 e. The van der Waals surface area contributed by atoms with Crippen LogP contribution in [-0.4, -0.2) is 22.3 Å². The van der Waals surface area contributed by atoms with Crippen LogP contribution >= 0.6 is 0 Å². The van der Waals surface area contributed by atoms with Crippen molar-refractivity contribution < 1.29 is 16.4 Å². The third-order valence-electron chi connectivity index (χ3n) is 6.05. The van der Waals surface area contributed by atoms with Crippen LogP contribution in [0.15, 0.2) is 24.3 Å². The van der Waals surface area contributed by atoms with Gasteiger partial charge in [-0.2, -0.15) is 0 Å². The lowest BCUT2D eigenvalue weighted by atomic mass is 9.55. The number of unbranched alkanes of at least 4 members (excludes halogenated alkanes) is 3. The molecule has 0 heterocycles. The summed E-state index contributed by atoms with van der Waals surface area (Å²) >= 11 is 0. The number of hydrogen-bond donors (Lipinski definition) is 2. The van der Waals surface area contributed by atoms with Crippen LogP contribution in [0.1, 0.15) is 99.2 Å². The molecule has 3 atom stereocenters. The second-order valence-corrected chi connectivity index (χ2v) is 8.68. The van der Waals surface area contributed by atoms with Gasteiger partial charge in [0.25, 0.3) is 0 Å². The van der Waals surface area contributed by atoms with Crippen molar-refractivity contribution in [1.29, 1.82) is 0 Å². The highest BCUT2D eigenvalue weighted by Gasteiger charge is 2.43. The first-order valence-corrected chi connectivity index (χ1v) is 11.5. The number of fused-ring (bicyclic) bond motifs is 2. The van der Waals surface area contributed by atoms with Gasteiger partial charge in [0, 0.05) is 7.79 Å². The number of allylic oxidation sites excluding steroid dienone is 3. The maximum Gasteiger partial charge on any atom is 0.303 e. The van der Waals surface area contributed by atoms with Gasteiger partial charge in [-0.3, -0.25) is 4.79 Å². The van der Waals surface area contributed by atoms with Crippen molar-refractivity contribution in [3.8, 4) is 0 Å². The highest BCUT2D eigenvalue weighted by molar-refractivity contribution is 5.66. The fraction of sp³-hybridized carbons (Fsp3) is 0.800. The molecule has 3 heteroatoms. The Morgan fingerprint density at radius 3 is 2.50 bits per heavy atom. The molecule has 28 heavy (non-hydrogen) atoms. The van der Waals surface area contributed by atoms with E-state index in [1.165, 1.54) is 32.1 Å². The van der Waals surface area contributed by atoms with E-state index in [0.717, 1.165) is 43.9 Å². The molecule has 0 amide bonds. The van der Waals surface area contributed by atoms with E-state index in [-0.39, 0.29) is 18.9 Å². The van der Waals surface area contributed by atoms with E-state index in [9.17, 15) is 9.90 Å². The van der Waals surface area contributed by atoms with E-state index in [1.54, 1.807) is 0 Å². The van der Waals surface area contributed by atoms with Gasteiger partial charge in [-0.15, -0.1) is 0 Å². The molecule has 3 rings (SSSR count). The summed E-state index contributed by atoms with van der Waals surface area (Å²) in [6.07, 6.45) is 20.0. The molecule has 0 spiro atoms. The van der Waals surface area contributed by atoms with E-state index in [0.29, 0.717) is 11.8 Å². The van der Waals surface area contributed by atoms with Crippen molar-refractivity contribution >= 4 is 5.97 Å². The summed E-state index contributed by atoms with van der Waals surface area (Å²) in [5, 5.41) is 18.8. The normalized spacial score (nSPS) is 28.0. The molecule has 0 aromatic heterocycles. The Labute approximate surface area is 174 Å². The number of rotatable bonds is 12. The van der Waals surface area contributed by atoms with Crippen molar-refractivity contribution in [3.05, 3.63) is 24.3 Å². The lowest BCUT2D eigenvalue weighted by Crippen LogP contribution is -2.41. The predicted molar refractivity (Wildman–Crippen MR) is 118 cm³/mol. The van der Waals surface area contributed by atoms with Crippen LogP contribution in [0.25, 0.3) is 0 Å². The smallest absolute Gasteiger partial charge is 0.303 e. The number of aliphatic hydroxyl groups excluding tert-OH is 1. The third kappa shape index (κ3) is 9.91. The minimum atomic E-state index is -0.705. The molecule has 0 aromatic carbocycles. The van der Waals surface area contributed by atoms with Crippen molar-refractivity contribution in [1.82, 2.24) is 0 Å². The zero-order chi connectivity index (χ0) is 21.6. The topological polar surface area (TPSA) is 57.5 Å². The first kappa shape index (κ1) is 23.2. The van der Waals surface area contributed by atoms with Gasteiger partial charge in [-0.1, -0.05) is 70.7 Å².